The van der Waals surface area contributed by atoms with Crippen molar-refractivity contribution in [2.45, 2.75) is 245 Å². The van der Waals surface area contributed by atoms with E-state index in [0.717, 1.165) is 41.4 Å². The fourth-order valence-electron chi connectivity index (χ4n) is 16.8. The number of allylic oxidation sites excluding steroid dienone is 6. The van der Waals surface area contributed by atoms with Crippen LogP contribution >= 0.6 is 0 Å². The van der Waals surface area contributed by atoms with Crippen molar-refractivity contribution < 1.29 is 111 Å². The molecule has 4 aromatic heterocycles. The first-order valence-corrected chi connectivity index (χ1v) is 44.8. The van der Waals surface area contributed by atoms with Gasteiger partial charge in [0, 0.05) is 115 Å². The van der Waals surface area contributed by atoms with E-state index >= 15 is 0 Å². The van der Waals surface area contributed by atoms with Gasteiger partial charge >= 0.3 is 11.9 Å². The molecule has 1 aromatic carbocycles. The second kappa shape index (κ2) is 51.9. The molecule has 0 spiro atoms. The molecule has 1 saturated carbocycles. The first-order valence-electron chi connectivity index (χ1n) is 44.8. The molecular formula is C92H135N11O23. The number of H-pyrrole nitrogens is 1. The van der Waals surface area contributed by atoms with E-state index in [4.69, 9.17) is 67.7 Å². The Kier molecular flexibility index (Phi) is 41.6. The van der Waals surface area contributed by atoms with Crippen LogP contribution in [-0.4, -0.2) is 269 Å². The number of methoxy groups -OCH3 is 3. The van der Waals surface area contributed by atoms with Crippen LogP contribution in [0.4, 0.5) is 5.82 Å². The Morgan fingerprint density at radius 1 is 0.754 bits per heavy atom. The van der Waals surface area contributed by atoms with Crippen molar-refractivity contribution in [3.8, 4) is 17.1 Å². The number of hydrogen-bond donors (Lipinski definition) is 6. The molecule has 696 valence electrons. The Morgan fingerprint density at radius 3 is 2.21 bits per heavy atom. The number of aromatic nitrogens is 8. The van der Waals surface area contributed by atoms with Crippen molar-refractivity contribution in [1.29, 1.82) is 0 Å². The SMILES string of the molecule is CO[C@H]1C[C@@H]2CC[C@@H](C)[C@@](O)(O2)C(=O)C(=O)N2CCCC[C@H]2C(=O)O[C@H]([C@H](C)C[C@@H]2CC[C@H](n3cc(COC(=O)CCCOCCOCCOCCC(=O)NCCOCCOCCOCCC(=O)CCCCCn4nc(-c5cc6cc(O)ccc6[nH]5)c5c(N)ncnc54)nn3)[C@H](OC)C2)CC(=O)[C@H](C)/C=C(\C)[C@@H](O)[C@@H](OC)C(=O)[C@H](C)C[C@H](C)/C=C/C=C/C=C/1C. The zero-order valence-electron chi connectivity index (χ0n) is 75.1. The number of piperidine rings is 1. The average molecular weight is 1760 g/mol. The highest BCUT2D eigenvalue weighted by Gasteiger charge is 2.53. The number of fused-ring (bicyclic) bond motifs is 5. The number of aryl methyl sites for hydroxylation is 1. The van der Waals surface area contributed by atoms with Crippen LogP contribution in [0.15, 0.2) is 84.4 Å². The van der Waals surface area contributed by atoms with E-state index in [-0.39, 0.29) is 105 Å². The summed E-state index contributed by atoms with van der Waals surface area (Å²) in [6, 6.07) is 5.58. The number of aromatic amines is 1. The summed E-state index contributed by atoms with van der Waals surface area (Å²) in [6.45, 7) is 17.3. The lowest BCUT2D eigenvalue weighted by Crippen LogP contribution is -2.61. The number of phenolic OH excluding ortho intramolecular Hbond substituents is 1. The van der Waals surface area contributed by atoms with E-state index in [1.807, 2.05) is 61.9 Å². The number of carbonyl (C=O) groups excluding carboxylic acids is 8. The molecule has 3 aliphatic heterocycles. The molecular weight excluding hydrogens is 1630 g/mol. The molecule has 1 aliphatic carbocycles. The number of carbonyl (C=O) groups is 8. The first-order chi connectivity index (χ1) is 60.7. The third-order valence-corrected chi connectivity index (χ3v) is 24.2. The maximum absolute atomic E-state index is 14.8. The number of nitrogens with one attached hydrogen (secondary N) is 2. The zero-order chi connectivity index (χ0) is 90.7. The fourth-order valence-corrected chi connectivity index (χ4v) is 16.8. The monoisotopic (exact) mass is 1760 g/mol. The number of anilines is 1. The van der Waals surface area contributed by atoms with E-state index in [9.17, 15) is 53.7 Å². The number of ketones is 4. The van der Waals surface area contributed by atoms with Gasteiger partial charge in [-0.1, -0.05) is 82.7 Å². The number of Topliss-reactive ketones (excluding diaryl/α,β-unsaturated/α-hetero) is 4. The van der Waals surface area contributed by atoms with Crippen LogP contribution in [0.1, 0.15) is 189 Å². The Balaban J connectivity index is 0.615. The number of rotatable bonds is 41. The summed E-state index contributed by atoms with van der Waals surface area (Å²) in [5.41, 5.74) is 10.8. The maximum atomic E-state index is 14.8. The predicted octanol–water partition coefficient (Wildman–Crippen LogP) is 9.88. The highest BCUT2D eigenvalue weighted by Crippen LogP contribution is 2.41. The summed E-state index contributed by atoms with van der Waals surface area (Å²) >= 11 is 0. The molecule has 2 bridgehead atoms. The van der Waals surface area contributed by atoms with Gasteiger partial charge in [0.05, 0.1) is 114 Å². The number of benzene rings is 1. The van der Waals surface area contributed by atoms with Crippen molar-refractivity contribution >= 4 is 74.6 Å². The van der Waals surface area contributed by atoms with Crippen LogP contribution in [0.3, 0.4) is 0 Å². The van der Waals surface area contributed by atoms with Gasteiger partial charge in [-0.3, -0.25) is 33.6 Å². The van der Waals surface area contributed by atoms with Crippen molar-refractivity contribution in [2.75, 3.05) is 119 Å². The van der Waals surface area contributed by atoms with Crippen molar-refractivity contribution in [2.24, 2.45) is 35.5 Å². The number of hydrogen-bond acceptors (Lipinski definition) is 29. The van der Waals surface area contributed by atoms with E-state index in [1.165, 1.54) is 18.3 Å². The van der Waals surface area contributed by atoms with Crippen LogP contribution in [0.2, 0.25) is 0 Å². The largest absolute Gasteiger partial charge is 0.508 e. The molecule has 0 unspecified atom stereocenters. The van der Waals surface area contributed by atoms with Gasteiger partial charge < -0.3 is 93.1 Å². The number of amides is 2. The van der Waals surface area contributed by atoms with Crippen molar-refractivity contribution in [3.05, 3.63) is 90.1 Å². The molecule has 2 saturated heterocycles. The molecule has 4 aliphatic rings. The number of esters is 2. The van der Waals surface area contributed by atoms with Gasteiger partial charge in [-0.05, 0) is 150 Å². The normalized spacial score (nSPS) is 26.6. The topological polar surface area (TPSA) is 439 Å². The smallest absolute Gasteiger partial charge is 0.329 e. The van der Waals surface area contributed by atoms with Gasteiger partial charge in [0.2, 0.25) is 11.7 Å². The third-order valence-electron chi connectivity index (χ3n) is 24.2. The quantitative estimate of drug-likeness (QED) is 0.00916. The number of unbranched alkanes of at least 4 members (excludes halogenated alkanes) is 2. The first kappa shape index (κ1) is 101. The Bertz CT molecular complexity index is 4440. The minimum absolute atomic E-state index is 0.0199. The summed E-state index contributed by atoms with van der Waals surface area (Å²) < 4.78 is 72.9. The molecule has 5 aromatic rings. The number of ether oxygens (including phenoxy) is 12. The van der Waals surface area contributed by atoms with Crippen LogP contribution in [-0.2, 0) is 108 Å². The average Bonchev–Trinajstić information content (AvgIpc) is 1.63. The van der Waals surface area contributed by atoms with Crippen LogP contribution < -0.4 is 11.1 Å². The van der Waals surface area contributed by atoms with E-state index in [0.29, 0.717) is 197 Å². The summed E-state index contributed by atoms with van der Waals surface area (Å²) in [7, 11) is 4.56. The third kappa shape index (κ3) is 30.4. The highest BCUT2D eigenvalue weighted by atomic mass is 16.6. The second-order valence-electron chi connectivity index (χ2n) is 33.9. The van der Waals surface area contributed by atoms with Gasteiger partial charge in [-0.25, -0.2) is 24.1 Å². The Hall–Kier alpha value is -8.91. The van der Waals surface area contributed by atoms with Gasteiger partial charge in [0.15, 0.2) is 11.4 Å². The van der Waals surface area contributed by atoms with E-state index < -0.39 is 89.6 Å². The lowest BCUT2D eigenvalue weighted by atomic mass is 9.77. The summed E-state index contributed by atoms with van der Waals surface area (Å²) in [5.74, 6) is -8.52. The summed E-state index contributed by atoms with van der Waals surface area (Å²) in [4.78, 5) is 123. The number of aromatic hydroxyl groups is 1. The minimum Gasteiger partial charge on any atom is -0.508 e. The molecule has 9 rings (SSSR count). The molecule has 2 amide bonds. The molecule has 7 heterocycles. The molecule has 7 N–H and O–H groups in total. The zero-order valence-corrected chi connectivity index (χ0v) is 75.1. The van der Waals surface area contributed by atoms with Gasteiger partial charge in [0.25, 0.3) is 11.7 Å². The number of aliphatic hydroxyl groups is 2. The van der Waals surface area contributed by atoms with Gasteiger partial charge in [-0.2, -0.15) is 5.10 Å². The molecule has 15 atom stereocenters. The minimum atomic E-state index is -2.48. The van der Waals surface area contributed by atoms with Crippen LogP contribution in [0.5, 0.6) is 5.75 Å². The standard InChI is InChI=1S/C92H135N11O23/c1-59-20-13-11-14-21-60(2)77(115-8)54-71-28-25-65(7)92(114,126-71)87(111)90(112)101-34-18-16-23-75(101)91(113)125-78(55-76(106)61(3)49-64(6)85(110)86(117-10)84(109)63(5)48-59)62(4)50-66-26-30-74(79(51-66)116-9)103-56-68(98-100-103)57-124-81(108)24-19-36-118-40-44-122-46-42-120-38-32-80(107)94-33-39-121-43-47-123-45-41-119-37-31-69(104)22-15-12-17-35-102-89-82(88(93)95-58-96-89)83(99-102)73-53-67-52-70(105)27-29-72(67)97-73/h11,13-14,20-21,27,29,49,52-53,56,58-59,61-63,65-66,71,74-75,77-79,85-86,97,105,110,114H,12,15-19,22-26,28,30-48,50-51,54-55,57H2,1-10H3,(H,94,107)(H2,93,95,96)/b14-11+,20-13+,60-21+,64-49+/t59-,61-,62-,63-,65-,66+,71+,74+,75+,77+,78+,79-,85-,86+,92-/m1/s1. The molecule has 3 fully saturated rings. The summed E-state index contributed by atoms with van der Waals surface area (Å²) in [5, 5.41) is 51.6. The lowest BCUT2D eigenvalue weighted by molar-refractivity contribution is -0.265. The van der Waals surface area contributed by atoms with Crippen LogP contribution in [0.25, 0.3) is 33.3 Å². The number of nitrogen functional groups attached to an aromatic ring is 1. The second-order valence-corrected chi connectivity index (χ2v) is 33.9. The van der Waals surface area contributed by atoms with Gasteiger partial charge in [0.1, 0.15) is 71.8 Å². The molecule has 0 radical (unpaired) electrons. The fraction of sp³-hybridized carbons (Fsp3) is 0.663. The molecule has 34 heteroatoms. The number of phenols is 1. The number of aliphatic hydroxyl groups excluding tert-OH is 1. The summed E-state index contributed by atoms with van der Waals surface area (Å²) in [6.07, 6.45) is 18.1. The highest BCUT2D eigenvalue weighted by molar-refractivity contribution is 6.39. The lowest BCUT2D eigenvalue weighted by Gasteiger charge is -2.42. The Labute approximate surface area is 738 Å². The number of cyclic esters (lactones) is 1. The van der Waals surface area contributed by atoms with Crippen molar-refractivity contribution in [3.63, 3.8) is 0 Å². The van der Waals surface area contributed by atoms with Crippen LogP contribution in [0, 0.1) is 35.5 Å². The molecule has 126 heavy (non-hydrogen) atoms. The van der Waals surface area contributed by atoms with E-state index in [2.05, 4.69) is 30.6 Å². The Morgan fingerprint density at radius 2 is 1.48 bits per heavy atom. The number of nitrogens with two attached hydrogens (primary N) is 1. The van der Waals surface area contributed by atoms with E-state index in [1.54, 1.807) is 77.1 Å². The molecule has 34 nitrogen and oxygen atoms in total. The predicted molar refractivity (Wildman–Crippen MR) is 467 cm³/mol. The van der Waals surface area contributed by atoms with Crippen molar-refractivity contribution in [1.82, 2.24) is 49.9 Å². The number of nitrogens with zero attached hydrogens (tertiary/aromatic N) is 8. The maximum Gasteiger partial charge on any atom is 0.329 e. The van der Waals surface area contributed by atoms with Gasteiger partial charge in [-0.15, -0.1) is 5.10 Å².